The summed E-state index contributed by atoms with van der Waals surface area (Å²) in [5.41, 5.74) is -0.504. The van der Waals surface area contributed by atoms with Gasteiger partial charge in [-0.1, -0.05) is 6.07 Å². The molecular formula is C10H11F3N2O3S. The fourth-order valence-corrected chi connectivity index (χ4v) is 2.53. The van der Waals surface area contributed by atoms with Crippen LogP contribution in [0.5, 0.6) is 5.75 Å². The van der Waals surface area contributed by atoms with Crippen molar-refractivity contribution >= 4 is 10.2 Å². The Kier molecular flexibility index (Phi) is 3.45. The molecule has 5 nitrogen and oxygen atoms in total. The first-order chi connectivity index (χ1) is 8.67. The van der Waals surface area contributed by atoms with Crippen molar-refractivity contribution in [1.82, 2.24) is 4.72 Å². The van der Waals surface area contributed by atoms with Crippen LogP contribution < -0.4 is 14.6 Å². The molecule has 1 aliphatic heterocycles. The summed E-state index contributed by atoms with van der Waals surface area (Å²) in [5.74, 6) is 0.0159. The molecule has 106 valence electrons. The number of fused-ring (bicyclic) bond motifs is 1. The van der Waals surface area contributed by atoms with E-state index in [0.29, 0.717) is 12.0 Å². The van der Waals surface area contributed by atoms with Crippen LogP contribution in [0.1, 0.15) is 23.6 Å². The zero-order valence-corrected chi connectivity index (χ0v) is 10.4. The monoisotopic (exact) mass is 296 g/mol. The van der Waals surface area contributed by atoms with E-state index in [2.05, 4.69) is 4.72 Å². The SMILES string of the molecule is NS(=O)(=O)N[C@H]1CCOc2cc(C(F)(F)F)ccc21. The van der Waals surface area contributed by atoms with Gasteiger partial charge in [0.25, 0.3) is 10.2 Å². The molecule has 1 atom stereocenters. The van der Waals surface area contributed by atoms with Gasteiger partial charge in [0.15, 0.2) is 0 Å². The molecular weight excluding hydrogens is 285 g/mol. The summed E-state index contributed by atoms with van der Waals surface area (Å²) in [6, 6.07) is 2.25. The molecule has 2 rings (SSSR count). The Bertz CT molecular complexity index is 586. The lowest BCUT2D eigenvalue weighted by Crippen LogP contribution is -2.36. The van der Waals surface area contributed by atoms with Crippen molar-refractivity contribution in [3.8, 4) is 5.75 Å². The third-order valence-electron chi connectivity index (χ3n) is 2.69. The largest absolute Gasteiger partial charge is 0.493 e. The second-order valence-electron chi connectivity index (χ2n) is 4.10. The van der Waals surface area contributed by atoms with Crippen LogP contribution in [-0.2, 0) is 16.4 Å². The topological polar surface area (TPSA) is 81.4 Å². The van der Waals surface area contributed by atoms with Gasteiger partial charge in [-0.15, -0.1) is 0 Å². The summed E-state index contributed by atoms with van der Waals surface area (Å²) in [6.07, 6.45) is -4.17. The number of ether oxygens (including phenoxy) is 1. The van der Waals surface area contributed by atoms with Crippen molar-refractivity contribution < 1.29 is 26.3 Å². The lowest BCUT2D eigenvalue weighted by molar-refractivity contribution is -0.137. The number of nitrogens with two attached hydrogens (primary N) is 1. The summed E-state index contributed by atoms with van der Waals surface area (Å²) in [5, 5.41) is 4.86. The molecule has 0 saturated carbocycles. The predicted molar refractivity (Wildman–Crippen MR) is 60.5 cm³/mol. The predicted octanol–water partition coefficient (Wildman–Crippen LogP) is 1.32. The number of rotatable bonds is 2. The van der Waals surface area contributed by atoms with Gasteiger partial charge < -0.3 is 4.74 Å². The average molecular weight is 296 g/mol. The maximum Gasteiger partial charge on any atom is 0.416 e. The van der Waals surface area contributed by atoms with Crippen LogP contribution in [0, 0.1) is 0 Å². The van der Waals surface area contributed by atoms with Crippen LogP contribution in [0.3, 0.4) is 0 Å². The number of hydrogen-bond acceptors (Lipinski definition) is 3. The molecule has 1 aliphatic rings. The molecule has 0 saturated heterocycles. The van der Waals surface area contributed by atoms with E-state index in [1.165, 1.54) is 6.07 Å². The lowest BCUT2D eigenvalue weighted by atomic mass is 9.99. The van der Waals surface area contributed by atoms with E-state index >= 15 is 0 Å². The maximum absolute atomic E-state index is 12.5. The van der Waals surface area contributed by atoms with Gasteiger partial charge in [-0.05, 0) is 12.1 Å². The summed E-state index contributed by atoms with van der Waals surface area (Å²) >= 11 is 0. The molecule has 0 aliphatic carbocycles. The second-order valence-corrected chi connectivity index (χ2v) is 5.43. The van der Waals surface area contributed by atoms with Gasteiger partial charge in [0.2, 0.25) is 0 Å². The van der Waals surface area contributed by atoms with E-state index in [-0.39, 0.29) is 12.4 Å². The lowest BCUT2D eigenvalue weighted by Gasteiger charge is -2.26. The standard InChI is InChI=1S/C10H11F3N2O3S/c11-10(12,13)6-1-2-7-8(15-19(14,16)17)3-4-18-9(7)5-6/h1-2,5,8,15H,3-4H2,(H2,14,16,17)/t8-/m0/s1. The molecule has 0 bridgehead atoms. The highest BCUT2D eigenvalue weighted by atomic mass is 32.2. The van der Waals surface area contributed by atoms with Crippen LogP contribution >= 0.6 is 0 Å². The Labute approximate surface area is 107 Å². The van der Waals surface area contributed by atoms with Gasteiger partial charge >= 0.3 is 6.18 Å². The fraction of sp³-hybridized carbons (Fsp3) is 0.400. The maximum atomic E-state index is 12.5. The third kappa shape index (κ3) is 3.37. The van der Waals surface area contributed by atoms with Crippen LogP contribution in [0.4, 0.5) is 13.2 Å². The van der Waals surface area contributed by atoms with Gasteiger partial charge in [0.05, 0.1) is 18.2 Å². The molecule has 9 heteroatoms. The highest BCUT2D eigenvalue weighted by Gasteiger charge is 2.33. The normalized spacial score (nSPS) is 19.7. The first kappa shape index (κ1) is 14.1. The van der Waals surface area contributed by atoms with Crippen molar-refractivity contribution in [2.24, 2.45) is 5.14 Å². The minimum absolute atomic E-state index is 0.0159. The Morgan fingerprint density at radius 1 is 1.37 bits per heavy atom. The molecule has 0 unspecified atom stereocenters. The van der Waals surface area contributed by atoms with Gasteiger partial charge in [-0.2, -0.15) is 26.3 Å². The minimum atomic E-state index is -4.47. The minimum Gasteiger partial charge on any atom is -0.493 e. The van der Waals surface area contributed by atoms with E-state index in [4.69, 9.17) is 9.88 Å². The summed E-state index contributed by atoms with van der Waals surface area (Å²) in [7, 11) is -3.93. The Morgan fingerprint density at radius 3 is 2.63 bits per heavy atom. The fourth-order valence-electron chi connectivity index (χ4n) is 1.89. The number of benzene rings is 1. The summed E-state index contributed by atoms with van der Waals surface area (Å²) in [6.45, 7) is 0.113. The third-order valence-corrected chi connectivity index (χ3v) is 3.30. The van der Waals surface area contributed by atoms with Crippen LogP contribution in [-0.4, -0.2) is 15.0 Å². The summed E-state index contributed by atoms with van der Waals surface area (Å²) in [4.78, 5) is 0. The Morgan fingerprint density at radius 2 is 2.05 bits per heavy atom. The molecule has 0 spiro atoms. The quantitative estimate of drug-likeness (QED) is 0.863. The van der Waals surface area contributed by atoms with Crippen molar-refractivity contribution in [2.45, 2.75) is 18.6 Å². The van der Waals surface area contributed by atoms with Gasteiger partial charge in [0, 0.05) is 12.0 Å². The number of nitrogens with one attached hydrogen (secondary N) is 1. The molecule has 1 aromatic carbocycles. The highest BCUT2D eigenvalue weighted by molar-refractivity contribution is 7.87. The van der Waals surface area contributed by atoms with Crippen molar-refractivity contribution in [3.63, 3.8) is 0 Å². The molecule has 0 aromatic heterocycles. The van der Waals surface area contributed by atoms with Gasteiger partial charge in [-0.3, -0.25) is 0 Å². The number of hydrogen-bond donors (Lipinski definition) is 2. The smallest absolute Gasteiger partial charge is 0.416 e. The molecule has 0 radical (unpaired) electrons. The van der Waals surface area contributed by atoms with E-state index in [1.807, 2.05) is 0 Å². The van der Waals surface area contributed by atoms with Crippen molar-refractivity contribution in [3.05, 3.63) is 29.3 Å². The average Bonchev–Trinajstić information content (AvgIpc) is 2.25. The Hall–Kier alpha value is -1.32. The second kappa shape index (κ2) is 4.66. The molecule has 3 N–H and O–H groups in total. The van der Waals surface area contributed by atoms with E-state index in [0.717, 1.165) is 12.1 Å². The zero-order chi connectivity index (χ0) is 14.3. The van der Waals surface area contributed by atoms with Crippen molar-refractivity contribution in [1.29, 1.82) is 0 Å². The van der Waals surface area contributed by atoms with E-state index in [9.17, 15) is 21.6 Å². The molecule has 19 heavy (non-hydrogen) atoms. The van der Waals surface area contributed by atoms with Crippen molar-refractivity contribution in [2.75, 3.05) is 6.61 Å². The van der Waals surface area contributed by atoms with Crippen LogP contribution in [0.15, 0.2) is 18.2 Å². The Balaban J connectivity index is 2.36. The zero-order valence-electron chi connectivity index (χ0n) is 9.57. The first-order valence-corrected chi connectivity index (χ1v) is 6.85. The van der Waals surface area contributed by atoms with Gasteiger partial charge in [0.1, 0.15) is 5.75 Å². The summed E-state index contributed by atoms with van der Waals surface area (Å²) < 4.78 is 66.9. The highest BCUT2D eigenvalue weighted by Crippen LogP contribution is 2.37. The molecule has 1 aromatic rings. The van der Waals surface area contributed by atoms with Crippen LogP contribution in [0.25, 0.3) is 0 Å². The molecule has 0 fully saturated rings. The molecule has 1 heterocycles. The van der Waals surface area contributed by atoms with E-state index < -0.39 is 28.0 Å². The number of halogens is 3. The number of alkyl halides is 3. The van der Waals surface area contributed by atoms with E-state index in [1.54, 1.807) is 0 Å². The first-order valence-electron chi connectivity index (χ1n) is 5.31. The molecule has 0 amide bonds. The van der Waals surface area contributed by atoms with Gasteiger partial charge in [-0.25, -0.2) is 5.14 Å². The van der Waals surface area contributed by atoms with Crippen LogP contribution in [0.2, 0.25) is 0 Å².